The molecule has 0 bridgehead atoms. The van der Waals surface area contributed by atoms with Crippen molar-refractivity contribution in [2.45, 2.75) is 20.8 Å². The minimum absolute atomic E-state index is 0.0610. The van der Waals surface area contributed by atoms with Crippen molar-refractivity contribution in [1.29, 1.82) is 0 Å². The van der Waals surface area contributed by atoms with E-state index >= 15 is 0 Å². The first-order valence-electron chi connectivity index (χ1n) is 8.03. The number of carbonyl (C=O) groups is 2. The Bertz CT molecular complexity index is 884. The summed E-state index contributed by atoms with van der Waals surface area (Å²) in [5.74, 6) is -0.209. The minimum atomic E-state index is -0.498. The van der Waals surface area contributed by atoms with E-state index in [2.05, 4.69) is 0 Å². The van der Waals surface area contributed by atoms with E-state index in [9.17, 15) is 9.59 Å². The van der Waals surface area contributed by atoms with E-state index in [-0.39, 0.29) is 10.6 Å². The van der Waals surface area contributed by atoms with E-state index in [1.807, 2.05) is 32.9 Å². The summed E-state index contributed by atoms with van der Waals surface area (Å²) in [6.45, 7) is 6.28. The number of ether oxygens (including phenoxy) is 1. The highest BCUT2D eigenvalue weighted by Crippen LogP contribution is 2.36. The number of imide groups is 1. The largest absolute Gasteiger partial charge is 0.494 e. The third kappa shape index (κ3) is 3.05. The Kier molecular flexibility index (Phi) is 4.64. The third-order valence-corrected chi connectivity index (χ3v) is 4.43. The van der Waals surface area contributed by atoms with Gasteiger partial charge in [0.25, 0.3) is 11.8 Å². The van der Waals surface area contributed by atoms with Gasteiger partial charge in [-0.15, -0.1) is 0 Å². The van der Waals surface area contributed by atoms with Crippen molar-refractivity contribution < 1.29 is 14.3 Å². The quantitative estimate of drug-likeness (QED) is 0.771. The number of hydrogen-bond acceptors (Lipinski definition) is 3. The van der Waals surface area contributed by atoms with Crippen LogP contribution in [-0.2, 0) is 9.59 Å². The summed E-state index contributed by atoms with van der Waals surface area (Å²) < 4.78 is 5.40. The molecule has 1 aliphatic rings. The molecule has 0 radical (unpaired) electrons. The van der Waals surface area contributed by atoms with Crippen LogP contribution in [0.1, 0.15) is 23.6 Å². The molecule has 0 saturated heterocycles. The maximum absolute atomic E-state index is 12.9. The standard InChI is InChI=1S/C20H18ClNO3/c1-4-25-15-8-6-14(7-9-15)17-18(21)20(24)22(19(17)23)16-10-5-12(2)11-13(16)3/h5-11H,4H2,1-3H3. The molecule has 1 heterocycles. The molecule has 0 unspecified atom stereocenters. The predicted molar refractivity (Wildman–Crippen MR) is 98.8 cm³/mol. The van der Waals surface area contributed by atoms with Gasteiger partial charge in [-0.3, -0.25) is 9.59 Å². The van der Waals surface area contributed by atoms with Crippen LogP contribution in [0, 0.1) is 13.8 Å². The van der Waals surface area contributed by atoms with Gasteiger partial charge in [-0.25, -0.2) is 4.90 Å². The van der Waals surface area contributed by atoms with Gasteiger partial charge in [0, 0.05) is 0 Å². The second-order valence-electron chi connectivity index (χ2n) is 5.88. The van der Waals surface area contributed by atoms with E-state index in [0.717, 1.165) is 16.0 Å². The van der Waals surface area contributed by atoms with Gasteiger partial charge in [0.05, 0.1) is 17.9 Å². The normalized spacial score (nSPS) is 14.5. The van der Waals surface area contributed by atoms with Crippen LogP contribution in [0.2, 0.25) is 0 Å². The molecule has 2 aromatic rings. The zero-order valence-electron chi connectivity index (χ0n) is 14.3. The summed E-state index contributed by atoms with van der Waals surface area (Å²) in [6.07, 6.45) is 0. The number of carbonyl (C=O) groups excluding carboxylic acids is 2. The van der Waals surface area contributed by atoms with Gasteiger partial charge in [-0.05, 0) is 50.1 Å². The van der Waals surface area contributed by atoms with E-state index in [4.69, 9.17) is 16.3 Å². The molecule has 5 heteroatoms. The molecule has 0 aromatic heterocycles. The van der Waals surface area contributed by atoms with Crippen molar-refractivity contribution in [1.82, 2.24) is 0 Å². The number of hydrogen-bond donors (Lipinski definition) is 0. The van der Waals surface area contributed by atoms with Crippen LogP contribution < -0.4 is 9.64 Å². The van der Waals surface area contributed by atoms with E-state index in [1.165, 1.54) is 0 Å². The maximum atomic E-state index is 12.9. The molecule has 128 valence electrons. The summed E-state index contributed by atoms with van der Waals surface area (Å²) in [4.78, 5) is 26.6. The van der Waals surface area contributed by atoms with Crippen LogP contribution in [0.15, 0.2) is 47.5 Å². The first kappa shape index (κ1) is 17.2. The Morgan fingerprint density at radius 2 is 1.68 bits per heavy atom. The minimum Gasteiger partial charge on any atom is -0.494 e. The lowest BCUT2D eigenvalue weighted by molar-refractivity contribution is -0.119. The number of halogens is 1. The summed E-state index contributed by atoms with van der Waals surface area (Å²) in [5.41, 5.74) is 3.28. The molecule has 0 N–H and O–H groups in total. The van der Waals surface area contributed by atoms with Gasteiger partial charge < -0.3 is 4.74 Å². The number of anilines is 1. The highest BCUT2D eigenvalue weighted by atomic mass is 35.5. The summed E-state index contributed by atoms with van der Waals surface area (Å²) >= 11 is 6.22. The zero-order chi connectivity index (χ0) is 18.1. The number of amides is 2. The van der Waals surface area contributed by atoms with Crippen LogP contribution in [0.3, 0.4) is 0 Å². The average Bonchev–Trinajstić information content (AvgIpc) is 2.79. The monoisotopic (exact) mass is 355 g/mol. The third-order valence-electron chi connectivity index (χ3n) is 4.07. The lowest BCUT2D eigenvalue weighted by atomic mass is 10.1. The van der Waals surface area contributed by atoms with Gasteiger partial charge in [-0.2, -0.15) is 0 Å². The molecule has 4 nitrogen and oxygen atoms in total. The van der Waals surface area contributed by atoms with E-state index < -0.39 is 11.8 Å². The van der Waals surface area contributed by atoms with Crippen LogP contribution >= 0.6 is 11.6 Å². The number of benzene rings is 2. The molecule has 0 aliphatic carbocycles. The zero-order valence-corrected chi connectivity index (χ0v) is 15.1. The number of nitrogens with zero attached hydrogens (tertiary/aromatic N) is 1. The Morgan fingerprint density at radius 1 is 1.00 bits per heavy atom. The van der Waals surface area contributed by atoms with Crippen molar-refractivity contribution >= 4 is 34.7 Å². The van der Waals surface area contributed by atoms with Crippen molar-refractivity contribution in [3.8, 4) is 5.75 Å². The SMILES string of the molecule is CCOc1ccc(C2=C(Cl)C(=O)N(c3ccc(C)cc3C)C2=O)cc1. The first-order valence-corrected chi connectivity index (χ1v) is 8.41. The molecule has 2 amide bonds. The highest BCUT2D eigenvalue weighted by molar-refractivity contribution is 6.60. The van der Waals surface area contributed by atoms with Gasteiger partial charge >= 0.3 is 0 Å². The molecule has 0 saturated carbocycles. The first-order chi connectivity index (χ1) is 11.9. The lowest BCUT2D eigenvalue weighted by Crippen LogP contribution is -2.31. The molecule has 2 aromatic carbocycles. The molecule has 25 heavy (non-hydrogen) atoms. The molecular formula is C20H18ClNO3. The Balaban J connectivity index is 1.99. The van der Waals surface area contributed by atoms with Gasteiger partial charge in [0.15, 0.2) is 0 Å². The van der Waals surface area contributed by atoms with Gasteiger partial charge in [-0.1, -0.05) is 41.4 Å². The summed E-state index contributed by atoms with van der Waals surface area (Å²) in [5, 5.41) is -0.0610. The van der Waals surface area contributed by atoms with Crippen LogP contribution in [0.5, 0.6) is 5.75 Å². The summed E-state index contributed by atoms with van der Waals surface area (Å²) in [7, 11) is 0. The van der Waals surface area contributed by atoms with Crippen LogP contribution in [0.4, 0.5) is 5.69 Å². The molecule has 1 aliphatic heterocycles. The molecule has 0 spiro atoms. The number of aryl methyl sites for hydroxylation is 2. The maximum Gasteiger partial charge on any atom is 0.277 e. The molecular weight excluding hydrogens is 338 g/mol. The van der Waals surface area contributed by atoms with Gasteiger partial charge in [0.1, 0.15) is 10.8 Å². The second kappa shape index (κ2) is 6.73. The van der Waals surface area contributed by atoms with Crippen molar-refractivity contribution in [2.75, 3.05) is 11.5 Å². The fourth-order valence-corrected chi connectivity index (χ4v) is 3.19. The van der Waals surface area contributed by atoms with Crippen LogP contribution in [-0.4, -0.2) is 18.4 Å². The highest BCUT2D eigenvalue weighted by Gasteiger charge is 2.39. The smallest absolute Gasteiger partial charge is 0.277 e. The predicted octanol–water partition coefficient (Wildman–Crippen LogP) is 4.23. The molecule has 0 atom stereocenters. The lowest BCUT2D eigenvalue weighted by Gasteiger charge is -2.18. The summed E-state index contributed by atoms with van der Waals surface area (Å²) in [6, 6.07) is 12.6. The molecule has 0 fully saturated rings. The average molecular weight is 356 g/mol. The Labute approximate surface area is 151 Å². The Hall–Kier alpha value is -2.59. The fourth-order valence-electron chi connectivity index (χ4n) is 2.91. The fraction of sp³-hybridized carbons (Fsp3) is 0.200. The van der Waals surface area contributed by atoms with Crippen molar-refractivity contribution in [3.63, 3.8) is 0 Å². The van der Waals surface area contributed by atoms with Crippen LogP contribution in [0.25, 0.3) is 5.57 Å². The topological polar surface area (TPSA) is 46.6 Å². The van der Waals surface area contributed by atoms with E-state index in [1.54, 1.807) is 30.3 Å². The van der Waals surface area contributed by atoms with Crippen molar-refractivity contribution in [2.24, 2.45) is 0 Å². The van der Waals surface area contributed by atoms with Gasteiger partial charge in [0.2, 0.25) is 0 Å². The molecule has 3 rings (SSSR count). The number of rotatable bonds is 4. The van der Waals surface area contributed by atoms with E-state index in [0.29, 0.717) is 23.6 Å². The second-order valence-corrected chi connectivity index (χ2v) is 6.26. The Morgan fingerprint density at radius 3 is 2.28 bits per heavy atom. The van der Waals surface area contributed by atoms with Crippen molar-refractivity contribution in [3.05, 3.63) is 64.2 Å².